The fourth-order valence-corrected chi connectivity index (χ4v) is 2.54. The Morgan fingerprint density at radius 2 is 2.04 bits per heavy atom. The molecule has 2 rings (SSSR count). The van der Waals surface area contributed by atoms with Crippen molar-refractivity contribution >= 4 is 6.03 Å². The van der Waals surface area contributed by atoms with Gasteiger partial charge >= 0.3 is 6.03 Å². The summed E-state index contributed by atoms with van der Waals surface area (Å²) in [4.78, 5) is 20.7. The first-order valence-corrected chi connectivity index (χ1v) is 7.91. The summed E-state index contributed by atoms with van der Waals surface area (Å²) in [6.07, 6.45) is 7.11. The second-order valence-electron chi connectivity index (χ2n) is 6.21. The molecular formula is C17H25N5O. The van der Waals surface area contributed by atoms with Crippen LogP contribution in [0.4, 0.5) is 4.79 Å². The summed E-state index contributed by atoms with van der Waals surface area (Å²) in [5, 5.41) is 6.01. The molecule has 0 aliphatic rings. The molecule has 0 bridgehead atoms. The number of amides is 2. The molecule has 0 unspecified atom stereocenters. The number of nitrogens with zero attached hydrogens (tertiary/aromatic N) is 3. The highest BCUT2D eigenvalue weighted by Gasteiger charge is 2.21. The van der Waals surface area contributed by atoms with E-state index in [1.54, 1.807) is 18.7 Å². The van der Waals surface area contributed by atoms with Crippen LogP contribution in [0.2, 0.25) is 0 Å². The largest absolute Gasteiger partial charge is 0.335 e. The van der Waals surface area contributed by atoms with Crippen molar-refractivity contribution in [2.24, 2.45) is 5.92 Å². The van der Waals surface area contributed by atoms with E-state index in [4.69, 9.17) is 0 Å². The van der Waals surface area contributed by atoms with E-state index in [1.807, 2.05) is 36.7 Å². The third kappa shape index (κ3) is 4.81. The molecule has 2 atom stereocenters. The van der Waals surface area contributed by atoms with Crippen LogP contribution >= 0.6 is 0 Å². The lowest BCUT2D eigenvalue weighted by Crippen LogP contribution is -2.45. The van der Waals surface area contributed by atoms with Gasteiger partial charge in [0.25, 0.3) is 0 Å². The number of carbonyl (C=O) groups excluding carboxylic acids is 1. The summed E-state index contributed by atoms with van der Waals surface area (Å²) >= 11 is 0. The maximum atomic E-state index is 12.3. The predicted octanol–water partition coefficient (Wildman–Crippen LogP) is 2.67. The minimum Gasteiger partial charge on any atom is -0.335 e. The lowest BCUT2D eigenvalue weighted by Gasteiger charge is -2.25. The number of aromatic nitrogens is 3. The van der Waals surface area contributed by atoms with Crippen LogP contribution in [0.15, 0.2) is 37.1 Å². The van der Waals surface area contributed by atoms with Crippen LogP contribution in [0.25, 0.3) is 0 Å². The summed E-state index contributed by atoms with van der Waals surface area (Å²) in [6, 6.07) is 3.63. The average Bonchev–Trinajstić information content (AvgIpc) is 2.98. The topological polar surface area (TPSA) is 71.8 Å². The fraction of sp³-hybridized carbons (Fsp3) is 0.471. The fourth-order valence-electron chi connectivity index (χ4n) is 2.54. The molecule has 2 aromatic heterocycles. The van der Waals surface area contributed by atoms with E-state index >= 15 is 0 Å². The molecule has 0 aliphatic heterocycles. The Hall–Kier alpha value is -2.37. The van der Waals surface area contributed by atoms with Crippen molar-refractivity contribution < 1.29 is 4.79 Å². The standard InChI is InChI=1S/C17H25N5O/c1-12(2)15(16-13(3)6-5-7-19-16)21-17(23)20-14(4)10-22-9-8-18-11-22/h5-9,11-12,14-15H,10H2,1-4H3,(H2,20,21,23)/t14-,15-/m1/s1. The first kappa shape index (κ1) is 17.0. The highest BCUT2D eigenvalue weighted by atomic mass is 16.2. The molecule has 6 heteroatoms. The minimum absolute atomic E-state index is 0.00171. The van der Waals surface area contributed by atoms with Gasteiger partial charge in [0.2, 0.25) is 0 Å². The quantitative estimate of drug-likeness (QED) is 0.861. The van der Waals surface area contributed by atoms with E-state index in [-0.39, 0.29) is 24.0 Å². The number of imidazole rings is 1. The lowest BCUT2D eigenvalue weighted by molar-refractivity contribution is 0.228. The number of hydrogen-bond acceptors (Lipinski definition) is 3. The summed E-state index contributed by atoms with van der Waals surface area (Å²) in [7, 11) is 0. The number of carbonyl (C=O) groups is 1. The van der Waals surface area contributed by atoms with Crippen LogP contribution in [0.5, 0.6) is 0 Å². The van der Waals surface area contributed by atoms with Gasteiger partial charge < -0.3 is 15.2 Å². The minimum atomic E-state index is -0.179. The van der Waals surface area contributed by atoms with Crippen molar-refractivity contribution in [3.8, 4) is 0 Å². The first-order chi connectivity index (χ1) is 11.0. The molecule has 0 radical (unpaired) electrons. The van der Waals surface area contributed by atoms with Crippen LogP contribution < -0.4 is 10.6 Å². The van der Waals surface area contributed by atoms with Crippen LogP contribution in [0.3, 0.4) is 0 Å². The zero-order valence-corrected chi connectivity index (χ0v) is 14.2. The maximum Gasteiger partial charge on any atom is 0.315 e. The van der Waals surface area contributed by atoms with Gasteiger partial charge in [-0.1, -0.05) is 19.9 Å². The van der Waals surface area contributed by atoms with E-state index in [9.17, 15) is 4.79 Å². The van der Waals surface area contributed by atoms with Crippen molar-refractivity contribution in [3.05, 3.63) is 48.3 Å². The van der Waals surface area contributed by atoms with Gasteiger partial charge in [0.05, 0.1) is 18.1 Å². The Bertz CT molecular complexity index is 624. The SMILES string of the molecule is Cc1cccnc1[C@H](NC(=O)N[C@H](C)Cn1ccnc1)C(C)C. The molecule has 0 aliphatic carbocycles. The molecule has 2 heterocycles. The molecule has 0 spiro atoms. The number of hydrogen-bond donors (Lipinski definition) is 2. The van der Waals surface area contributed by atoms with Gasteiger partial charge in [-0.2, -0.15) is 0 Å². The molecule has 2 N–H and O–H groups in total. The van der Waals surface area contributed by atoms with E-state index in [0.717, 1.165) is 11.3 Å². The zero-order valence-electron chi connectivity index (χ0n) is 14.2. The van der Waals surface area contributed by atoms with Gasteiger partial charge in [0.15, 0.2) is 0 Å². The van der Waals surface area contributed by atoms with Crippen molar-refractivity contribution in [1.29, 1.82) is 0 Å². The van der Waals surface area contributed by atoms with Crippen molar-refractivity contribution in [2.45, 2.75) is 46.3 Å². The van der Waals surface area contributed by atoms with Crippen LogP contribution in [-0.2, 0) is 6.54 Å². The van der Waals surface area contributed by atoms with Crippen molar-refractivity contribution in [1.82, 2.24) is 25.2 Å². The van der Waals surface area contributed by atoms with E-state index < -0.39 is 0 Å². The maximum absolute atomic E-state index is 12.3. The zero-order chi connectivity index (χ0) is 16.8. The Morgan fingerprint density at radius 1 is 1.26 bits per heavy atom. The normalized spacial score (nSPS) is 13.6. The highest BCUT2D eigenvalue weighted by molar-refractivity contribution is 5.74. The van der Waals surface area contributed by atoms with E-state index in [0.29, 0.717) is 6.54 Å². The number of rotatable bonds is 6. The Labute approximate surface area is 137 Å². The molecule has 6 nitrogen and oxygen atoms in total. The second kappa shape index (κ2) is 7.76. The van der Waals surface area contributed by atoms with Crippen LogP contribution in [0.1, 0.15) is 38.1 Å². The van der Waals surface area contributed by atoms with Gasteiger partial charge in [-0.05, 0) is 31.4 Å². The molecule has 0 saturated carbocycles. The average molecular weight is 315 g/mol. The lowest BCUT2D eigenvalue weighted by atomic mass is 9.97. The molecule has 2 aromatic rings. The van der Waals surface area contributed by atoms with Crippen LogP contribution in [-0.4, -0.2) is 26.6 Å². The van der Waals surface area contributed by atoms with Gasteiger partial charge in [-0.25, -0.2) is 9.78 Å². The van der Waals surface area contributed by atoms with E-state index in [1.165, 1.54) is 0 Å². The third-order valence-electron chi connectivity index (χ3n) is 3.72. The number of aryl methyl sites for hydroxylation is 1. The molecule has 2 amide bonds. The smallest absolute Gasteiger partial charge is 0.315 e. The van der Waals surface area contributed by atoms with Crippen molar-refractivity contribution in [3.63, 3.8) is 0 Å². The predicted molar refractivity (Wildman–Crippen MR) is 89.9 cm³/mol. The molecular weight excluding hydrogens is 290 g/mol. The van der Waals surface area contributed by atoms with E-state index in [2.05, 4.69) is 34.4 Å². The highest BCUT2D eigenvalue weighted by Crippen LogP contribution is 2.22. The second-order valence-corrected chi connectivity index (χ2v) is 6.21. The number of nitrogens with one attached hydrogen (secondary N) is 2. The molecule has 0 saturated heterocycles. The molecule has 0 aromatic carbocycles. The summed E-state index contributed by atoms with van der Waals surface area (Å²) in [5.41, 5.74) is 2.00. The first-order valence-electron chi connectivity index (χ1n) is 7.91. The Balaban J connectivity index is 1.97. The summed E-state index contributed by atoms with van der Waals surface area (Å²) in [6.45, 7) is 8.82. The van der Waals surface area contributed by atoms with Gasteiger partial charge in [0, 0.05) is 31.2 Å². The van der Waals surface area contributed by atoms with Crippen molar-refractivity contribution in [2.75, 3.05) is 0 Å². The van der Waals surface area contributed by atoms with Gasteiger partial charge in [-0.15, -0.1) is 0 Å². The molecule has 124 valence electrons. The Kier molecular flexibility index (Phi) is 5.73. The summed E-state index contributed by atoms with van der Waals surface area (Å²) < 4.78 is 1.94. The molecule has 0 fully saturated rings. The Morgan fingerprint density at radius 3 is 2.65 bits per heavy atom. The third-order valence-corrected chi connectivity index (χ3v) is 3.72. The number of pyridine rings is 1. The van der Waals surface area contributed by atoms with Gasteiger partial charge in [0.1, 0.15) is 0 Å². The number of urea groups is 1. The monoisotopic (exact) mass is 315 g/mol. The van der Waals surface area contributed by atoms with Gasteiger partial charge in [-0.3, -0.25) is 4.98 Å². The molecule has 23 heavy (non-hydrogen) atoms. The van der Waals surface area contributed by atoms with Crippen LogP contribution in [0, 0.1) is 12.8 Å². The summed E-state index contributed by atoms with van der Waals surface area (Å²) in [5.74, 6) is 0.248.